The fraction of sp³-hybridized carbons (Fsp3) is 0.353. The van der Waals surface area contributed by atoms with E-state index in [1.807, 2.05) is 24.3 Å². The van der Waals surface area contributed by atoms with Crippen molar-refractivity contribution in [3.05, 3.63) is 54.0 Å². The van der Waals surface area contributed by atoms with E-state index < -0.39 is 5.60 Å². The number of benzene rings is 1. The van der Waals surface area contributed by atoms with Crippen LogP contribution in [0.1, 0.15) is 38.0 Å². The number of amides is 2. The molecule has 0 spiro atoms. The van der Waals surface area contributed by atoms with Gasteiger partial charge in [0.05, 0.1) is 12.8 Å². The summed E-state index contributed by atoms with van der Waals surface area (Å²) >= 11 is 0. The number of carbonyl (C=O) groups is 1. The Balaban J connectivity index is 1.92. The highest BCUT2D eigenvalue weighted by Crippen LogP contribution is 2.20. The summed E-state index contributed by atoms with van der Waals surface area (Å²) in [6.07, 6.45) is 1.49. The largest absolute Gasteiger partial charge is 0.466 e. The highest BCUT2D eigenvalue weighted by atomic mass is 16.4. The molecule has 1 atom stereocenters. The molecule has 0 saturated carbocycles. The van der Waals surface area contributed by atoms with Crippen LogP contribution in [0.2, 0.25) is 0 Å². The average molecular weight is 302 g/mol. The topological polar surface area (TPSA) is 74.5 Å². The van der Waals surface area contributed by atoms with Crippen LogP contribution in [0.3, 0.4) is 0 Å². The summed E-state index contributed by atoms with van der Waals surface area (Å²) in [6, 6.07) is 10.7. The number of nitrogens with one attached hydrogen (secondary N) is 2. The maximum Gasteiger partial charge on any atom is 0.319 e. The predicted molar refractivity (Wildman–Crippen MR) is 85.8 cm³/mol. The molecular formula is C17H22N2O3. The first-order valence-corrected chi connectivity index (χ1v) is 7.29. The number of urea groups is 1. The third-order valence-electron chi connectivity index (χ3n) is 3.46. The first kappa shape index (κ1) is 16.1. The lowest BCUT2D eigenvalue weighted by Gasteiger charge is -2.21. The second-order valence-corrected chi connectivity index (χ2v) is 5.84. The SMILES string of the molecule is CC(C)c1cccc(NC(=O)NCC(C)(O)c2ccco2)c1. The fourth-order valence-corrected chi connectivity index (χ4v) is 2.08. The van der Waals surface area contributed by atoms with Gasteiger partial charge in [0.15, 0.2) is 0 Å². The van der Waals surface area contributed by atoms with Crippen LogP contribution < -0.4 is 10.6 Å². The monoisotopic (exact) mass is 302 g/mol. The number of aliphatic hydroxyl groups is 1. The van der Waals surface area contributed by atoms with Crippen LogP contribution in [0.15, 0.2) is 47.1 Å². The maximum atomic E-state index is 11.9. The van der Waals surface area contributed by atoms with Gasteiger partial charge in [-0.3, -0.25) is 0 Å². The van der Waals surface area contributed by atoms with Crippen molar-refractivity contribution in [3.63, 3.8) is 0 Å². The van der Waals surface area contributed by atoms with E-state index in [2.05, 4.69) is 24.5 Å². The second kappa shape index (κ2) is 6.66. The molecule has 0 saturated heterocycles. The Morgan fingerprint density at radius 2 is 2.09 bits per heavy atom. The Hall–Kier alpha value is -2.27. The van der Waals surface area contributed by atoms with Crippen molar-refractivity contribution < 1.29 is 14.3 Å². The Kier molecular flexibility index (Phi) is 4.88. The van der Waals surface area contributed by atoms with Crippen LogP contribution in [0.5, 0.6) is 0 Å². The van der Waals surface area contributed by atoms with E-state index in [4.69, 9.17) is 4.42 Å². The molecule has 5 nitrogen and oxygen atoms in total. The van der Waals surface area contributed by atoms with Gasteiger partial charge in [0.1, 0.15) is 11.4 Å². The highest BCUT2D eigenvalue weighted by Gasteiger charge is 2.26. The summed E-state index contributed by atoms with van der Waals surface area (Å²) in [5.41, 5.74) is 0.627. The van der Waals surface area contributed by atoms with Crippen molar-refractivity contribution in [1.29, 1.82) is 0 Å². The lowest BCUT2D eigenvalue weighted by Crippen LogP contribution is -2.40. The molecule has 0 aliphatic carbocycles. The lowest BCUT2D eigenvalue weighted by atomic mass is 10.0. The summed E-state index contributed by atoms with van der Waals surface area (Å²) in [5.74, 6) is 0.805. The maximum absolute atomic E-state index is 11.9. The van der Waals surface area contributed by atoms with E-state index >= 15 is 0 Å². The molecule has 0 fully saturated rings. The summed E-state index contributed by atoms with van der Waals surface area (Å²) in [6.45, 7) is 5.83. The third kappa shape index (κ3) is 4.11. The van der Waals surface area contributed by atoms with E-state index in [0.29, 0.717) is 11.7 Å². The second-order valence-electron chi connectivity index (χ2n) is 5.84. The Morgan fingerprint density at radius 1 is 1.32 bits per heavy atom. The smallest absolute Gasteiger partial charge is 0.319 e. The molecule has 0 bridgehead atoms. The van der Waals surface area contributed by atoms with Gasteiger partial charge in [-0.25, -0.2) is 4.79 Å². The number of rotatable bonds is 5. The molecule has 2 rings (SSSR count). The number of furan rings is 1. The fourth-order valence-electron chi connectivity index (χ4n) is 2.08. The molecular weight excluding hydrogens is 280 g/mol. The molecule has 1 heterocycles. The van der Waals surface area contributed by atoms with Crippen molar-refractivity contribution in [2.45, 2.75) is 32.3 Å². The molecule has 22 heavy (non-hydrogen) atoms. The average Bonchev–Trinajstić information content (AvgIpc) is 3.00. The summed E-state index contributed by atoms with van der Waals surface area (Å²) in [7, 11) is 0. The van der Waals surface area contributed by atoms with Crippen molar-refractivity contribution in [2.75, 3.05) is 11.9 Å². The van der Waals surface area contributed by atoms with Crippen molar-refractivity contribution in [3.8, 4) is 0 Å². The van der Waals surface area contributed by atoms with E-state index in [1.165, 1.54) is 6.26 Å². The quantitative estimate of drug-likeness (QED) is 0.792. The van der Waals surface area contributed by atoms with Crippen LogP contribution in [-0.4, -0.2) is 17.7 Å². The molecule has 1 unspecified atom stereocenters. The first-order chi connectivity index (χ1) is 10.4. The van der Waals surface area contributed by atoms with Gasteiger partial charge in [0, 0.05) is 5.69 Å². The van der Waals surface area contributed by atoms with Gasteiger partial charge in [-0.2, -0.15) is 0 Å². The van der Waals surface area contributed by atoms with E-state index in [9.17, 15) is 9.90 Å². The van der Waals surface area contributed by atoms with Crippen molar-refractivity contribution >= 4 is 11.7 Å². The van der Waals surface area contributed by atoms with Crippen molar-refractivity contribution in [2.24, 2.45) is 0 Å². The molecule has 1 aromatic heterocycles. The van der Waals surface area contributed by atoms with E-state index in [0.717, 1.165) is 11.3 Å². The zero-order valence-corrected chi connectivity index (χ0v) is 13.1. The Morgan fingerprint density at radius 3 is 2.73 bits per heavy atom. The van der Waals surface area contributed by atoms with Gasteiger partial charge in [-0.05, 0) is 42.7 Å². The minimum absolute atomic E-state index is 0.0518. The zero-order valence-electron chi connectivity index (χ0n) is 13.1. The number of carbonyl (C=O) groups excluding carboxylic acids is 1. The van der Waals surface area contributed by atoms with Crippen LogP contribution in [0.4, 0.5) is 10.5 Å². The highest BCUT2D eigenvalue weighted by molar-refractivity contribution is 5.89. The third-order valence-corrected chi connectivity index (χ3v) is 3.46. The van der Waals surface area contributed by atoms with Crippen molar-refractivity contribution in [1.82, 2.24) is 5.32 Å². The zero-order chi connectivity index (χ0) is 16.2. The summed E-state index contributed by atoms with van der Waals surface area (Å²) < 4.78 is 5.17. The van der Waals surface area contributed by atoms with Gasteiger partial charge >= 0.3 is 6.03 Å². The van der Waals surface area contributed by atoms with Gasteiger partial charge in [0.25, 0.3) is 0 Å². The lowest BCUT2D eigenvalue weighted by molar-refractivity contribution is 0.0372. The van der Waals surface area contributed by atoms with Crippen LogP contribution in [0.25, 0.3) is 0 Å². The summed E-state index contributed by atoms with van der Waals surface area (Å²) in [5, 5.41) is 15.7. The number of anilines is 1. The van der Waals surface area contributed by atoms with Crippen LogP contribution in [-0.2, 0) is 5.60 Å². The molecule has 3 N–H and O–H groups in total. The first-order valence-electron chi connectivity index (χ1n) is 7.29. The number of hydrogen-bond donors (Lipinski definition) is 3. The molecule has 1 aromatic carbocycles. The molecule has 2 amide bonds. The Bertz CT molecular complexity index is 619. The molecule has 0 aliphatic heterocycles. The number of hydrogen-bond acceptors (Lipinski definition) is 3. The minimum Gasteiger partial charge on any atom is -0.466 e. The van der Waals surface area contributed by atoms with E-state index in [1.54, 1.807) is 19.1 Å². The molecule has 2 aromatic rings. The molecule has 0 aliphatic rings. The summed E-state index contributed by atoms with van der Waals surface area (Å²) in [4.78, 5) is 11.9. The van der Waals surface area contributed by atoms with E-state index in [-0.39, 0.29) is 12.6 Å². The standard InChI is InChI=1S/C17H22N2O3/c1-12(2)13-6-4-7-14(10-13)19-16(20)18-11-17(3,21)15-8-5-9-22-15/h4-10,12,21H,11H2,1-3H3,(H2,18,19,20). The van der Waals surface area contributed by atoms with Gasteiger partial charge in [0.2, 0.25) is 0 Å². The predicted octanol–water partition coefficient (Wildman–Crippen LogP) is 3.43. The van der Waals surface area contributed by atoms with Gasteiger partial charge in [-0.15, -0.1) is 0 Å². The van der Waals surface area contributed by atoms with Crippen LogP contribution in [0, 0.1) is 0 Å². The Labute approximate surface area is 130 Å². The molecule has 5 heteroatoms. The van der Waals surface area contributed by atoms with Gasteiger partial charge < -0.3 is 20.2 Å². The van der Waals surface area contributed by atoms with Gasteiger partial charge in [-0.1, -0.05) is 26.0 Å². The normalized spacial score (nSPS) is 13.7. The van der Waals surface area contributed by atoms with Crippen LogP contribution >= 0.6 is 0 Å². The molecule has 118 valence electrons. The minimum atomic E-state index is -1.25. The molecule has 0 radical (unpaired) electrons.